The van der Waals surface area contributed by atoms with E-state index in [1.165, 1.54) is 16.8 Å². The molecule has 6 nitrogen and oxygen atoms in total. The van der Waals surface area contributed by atoms with Crippen LogP contribution in [0.3, 0.4) is 0 Å². The van der Waals surface area contributed by atoms with Crippen molar-refractivity contribution in [1.29, 1.82) is 0 Å². The van der Waals surface area contributed by atoms with Crippen LogP contribution in [0.5, 0.6) is 0 Å². The third-order valence-electron chi connectivity index (χ3n) is 5.73. The third kappa shape index (κ3) is 5.00. The van der Waals surface area contributed by atoms with Crippen LogP contribution in [0, 0.1) is 19.7 Å². The Morgan fingerprint density at radius 2 is 1.94 bits per heavy atom. The van der Waals surface area contributed by atoms with Gasteiger partial charge in [0.2, 0.25) is 5.91 Å². The summed E-state index contributed by atoms with van der Waals surface area (Å²) in [5, 5.41) is 11.1. The molecule has 0 saturated heterocycles. The van der Waals surface area contributed by atoms with Gasteiger partial charge in [0.25, 0.3) is 0 Å². The summed E-state index contributed by atoms with van der Waals surface area (Å²) >= 11 is 9.16. The Balaban J connectivity index is 1.47. The van der Waals surface area contributed by atoms with Gasteiger partial charge in [0.05, 0.1) is 40.3 Å². The lowest BCUT2D eigenvalue weighted by Crippen LogP contribution is -2.17. The van der Waals surface area contributed by atoms with Crippen LogP contribution >= 0.6 is 27.5 Å². The number of anilines is 1. The Morgan fingerprint density at radius 3 is 2.56 bits per heavy atom. The first-order chi connectivity index (χ1) is 16.0. The molecule has 4 rings (SSSR count). The molecule has 2 aromatic heterocycles. The van der Waals surface area contributed by atoms with Gasteiger partial charge in [0.1, 0.15) is 5.82 Å². The number of aryl methyl sites for hydroxylation is 2. The van der Waals surface area contributed by atoms with Crippen molar-refractivity contribution in [2.75, 3.05) is 5.32 Å². The van der Waals surface area contributed by atoms with Gasteiger partial charge in [0.15, 0.2) is 5.69 Å². The Kier molecular flexibility index (Phi) is 6.78. The molecule has 12 heteroatoms. The summed E-state index contributed by atoms with van der Waals surface area (Å²) in [6, 6.07) is 4.41. The lowest BCUT2D eigenvalue weighted by Gasteiger charge is -2.10. The van der Waals surface area contributed by atoms with E-state index >= 15 is 0 Å². The van der Waals surface area contributed by atoms with Gasteiger partial charge in [-0.15, -0.1) is 0 Å². The number of alkyl halides is 3. The van der Waals surface area contributed by atoms with Gasteiger partial charge in [-0.25, -0.2) is 4.39 Å². The lowest BCUT2D eigenvalue weighted by molar-refractivity contribution is -0.142. The van der Waals surface area contributed by atoms with Gasteiger partial charge in [-0.1, -0.05) is 17.7 Å². The highest BCUT2D eigenvalue weighted by atomic mass is 79.9. The van der Waals surface area contributed by atoms with Crippen LogP contribution in [0.15, 0.2) is 22.7 Å². The fourth-order valence-electron chi connectivity index (χ4n) is 3.83. The third-order valence-corrected chi connectivity index (χ3v) is 6.87. The second kappa shape index (κ2) is 9.33. The molecule has 0 spiro atoms. The summed E-state index contributed by atoms with van der Waals surface area (Å²) in [7, 11) is 0. The van der Waals surface area contributed by atoms with Crippen LogP contribution in [-0.4, -0.2) is 25.5 Å². The molecule has 1 N–H and O–H groups in total. The molecule has 2 heterocycles. The van der Waals surface area contributed by atoms with E-state index in [0.717, 1.165) is 12.8 Å². The number of halogens is 6. The van der Waals surface area contributed by atoms with Crippen molar-refractivity contribution in [1.82, 2.24) is 19.6 Å². The predicted molar refractivity (Wildman–Crippen MR) is 122 cm³/mol. The Morgan fingerprint density at radius 1 is 1.24 bits per heavy atom. The second-order valence-electron chi connectivity index (χ2n) is 8.24. The maximum Gasteiger partial charge on any atom is 0.436 e. The van der Waals surface area contributed by atoms with E-state index in [4.69, 9.17) is 11.6 Å². The molecular weight excluding hydrogens is 542 g/mol. The van der Waals surface area contributed by atoms with Crippen molar-refractivity contribution in [2.24, 2.45) is 0 Å². The Bertz CT molecular complexity index is 1230. The van der Waals surface area contributed by atoms with Crippen LogP contribution < -0.4 is 5.32 Å². The maximum absolute atomic E-state index is 14.2. The number of carbonyl (C=O) groups excluding carboxylic acids is 1. The average Bonchev–Trinajstić information content (AvgIpc) is 3.47. The van der Waals surface area contributed by atoms with E-state index in [0.29, 0.717) is 22.8 Å². The minimum absolute atomic E-state index is 0.00339. The van der Waals surface area contributed by atoms with Crippen molar-refractivity contribution in [3.05, 3.63) is 61.9 Å². The zero-order valence-electron chi connectivity index (χ0n) is 18.3. The van der Waals surface area contributed by atoms with Gasteiger partial charge in [-0.2, -0.15) is 23.4 Å². The quantitative estimate of drug-likeness (QED) is 0.348. The van der Waals surface area contributed by atoms with Crippen LogP contribution in [0.1, 0.15) is 53.5 Å². The summed E-state index contributed by atoms with van der Waals surface area (Å²) in [5.41, 5.74) is 1.38. The standard InChI is InChI=1S/C22H21BrClF4N5O/c1-11-19(12(2)33(30-11)10-14-15(24)4-3-5-16(14)25)29-17(34)8-9-32-20(13-6-7-13)18(23)21(31-32)22(26,27)28/h3-5,13H,6-10H2,1-2H3,(H,29,34). The minimum Gasteiger partial charge on any atom is -0.323 e. The zero-order valence-corrected chi connectivity index (χ0v) is 20.7. The molecule has 1 aliphatic carbocycles. The lowest BCUT2D eigenvalue weighted by atomic mass is 10.2. The summed E-state index contributed by atoms with van der Waals surface area (Å²) in [4.78, 5) is 12.6. The fraction of sp³-hybridized carbons (Fsp3) is 0.409. The topological polar surface area (TPSA) is 64.7 Å². The molecule has 0 unspecified atom stereocenters. The Labute approximate surface area is 206 Å². The first kappa shape index (κ1) is 24.7. The van der Waals surface area contributed by atoms with E-state index < -0.39 is 23.6 Å². The number of nitrogens with zero attached hydrogens (tertiary/aromatic N) is 4. The van der Waals surface area contributed by atoms with Crippen molar-refractivity contribution < 1.29 is 22.4 Å². The SMILES string of the molecule is Cc1nn(Cc2c(F)cccc2Cl)c(C)c1NC(=O)CCn1nc(C(F)(F)F)c(Br)c1C1CC1. The molecule has 1 amide bonds. The monoisotopic (exact) mass is 561 g/mol. The van der Waals surface area contributed by atoms with Gasteiger partial charge >= 0.3 is 6.18 Å². The first-order valence-electron chi connectivity index (χ1n) is 10.6. The molecule has 1 fully saturated rings. The highest BCUT2D eigenvalue weighted by molar-refractivity contribution is 9.10. The average molecular weight is 563 g/mol. The number of benzene rings is 1. The van der Waals surface area contributed by atoms with Crippen molar-refractivity contribution in [3.8, 4) is 0 Å². The van der Waals surface area contributed by atoms with Crippen LogP contribution in [-0.2, 0) is 24.1 Å². The van der Waals surface area contributed by atoms with Crippen molar-refractivity contribution in [2.45, 2.75) is 58.3 Å². The molecule has 0 bridgehead atoms. The zero-order chi connectivity index (χ0) is 24.8. The highest BCUT2D eigenvalue weighted by Gasteiger charge is 2.41. The van der Waals surface area contributed by atoms with E-state index in [2.05, 4.69) is 31.4 Å². The number of nitrogens with one attached hydrogen (secondary N) is 1. The number of amides is 1. The molecular formula is C22H21BrClF4N5O. The van der Waals surface area contributed by atoms with E-state index in [1.807, 2.05) is 0 Å². The highest BCUT2D eigenvalue weighted by Crippen LogP contribution is 2.47. The second-order valence-corrected chi connectivity index (χ2v) is 9.45. The molecule has 0 atom stereocenters. The van der Waals surface area contributed by atoms with Gasteiger partial charge in [-0.05, 0) is 54.8 Å². The number of hydrogen-bond acceptors (Lipinski definition) is 3. The van der Waals surface area contributed by atoms with Gasteiger partial charge < -0.3 is 5.32 Å². The molecule has 1 aromatic carbocycles. The number of aromatic nitrogens is 4. The van der Waals surface area contributed by atoms with E-state index in [-0.39, 0.29) is 40.5 Å². The fourth-order valence-corrected chi connectivity index (χ4v) is 4.88. The molecule has 1 aliphatic rings. The van der Waals surface area contributed by atoms with Crippen LogP contribution in [0.4, 0.5) is 23.2 Å². The van der Waals surface area contributed by atoms with Crippen molar-refractivity contribution in [3.63, 3.8) is 0 Å². The number of hydrogen-bond donors (Lipinski definition) is 1. The summed E-state index contributed by atoms with van der Waals surface area (Å²) in [6.45, 7) is 3.52. The molecule has 1 saturated carbocycles. The normalized spacial score (nSPS) is 14.0. The molecule has 182 valence electrons. The smallest absolute Gasteiger partial charge is 0.323 e. The van der Waals surface area contributed by atoms with E-state index in [9.17, 15) is 22.4 Å². The Hall–Kier alpha value is -2.40. The predicted octanol–water partition coefficient (Wildman–Crippen LogP) is 6.22. The summed E-state index contributed by atoms with van der Waals surface area (Å²) in [6.07, 6.45) is -3.08. The molecule has 34 heavy (non-hydrogen) atoms. The number of rotatable bonds is 7. The first-order valence-corrected chi connectivity index (χ1v) is 11.7. The molecule has 0 radical (unpaired) electrons. The van der Waals surface area contributed by atoms with Crippen LogP contribution in [0.25, 0.3) is 0 Å². The van der Waals surface area contributed by atoms with Gasteiger partial charge in [0, 0.05) is 22.9 Å². The van der Waals surface area contributed by atoms with Crippen molar-refractivity contribution >= 4 is 39.1 Å². The maximum atomic E-state index is 14.2. The van der Waals surface area contributed by atoms with E-state index in [1.54, 1.807) is 24.6 Å². The van der Waals surface area contributed by atoms with Gasteiger partial charge in [-0.3, -0.25) is 14.2 Å². The summed E-state index contributed by atoms with van der Waals surface area (Å²) in [5.74, 6) is -0.841. The molecule has 3 aromatic rings. The minimum atomic E-state index is -4.58. The largest absolute Gasteiger partial charge is 0.436 e. The number of carbonyl (C=O) groups is 1. The molecule has 0 aliphatic heterocycles. The summed E-state index contributed by atoms with van der Waals surface area (Å²) < 4.78 is 56.8. The van der Waals surface area contributed by atoms with Crippen LogP contribution in [0.2, 0.25) is 5.02 Å².